The summed E-state index contributed by atoms with van der Waals surface area (Å²) in [6.45, 7) is 8.32. The van der Waals surface area contributed by atoms with Crippen LogP contribution in [0.2, 0.25) is 0 Å². The van der Waals surface area contributed by atoms with E-state index >= 15 is 0 Å². The fourth-order valence-corrected chi connectivity index (χ4v) is 3.55. The Bertz CT molecular complexity index is 453. The van der Waals surface area contributed by atoms with E-state index in [0.717, 1.165) is 16.2 Å². The van der Waals surface area contributed by atoms with Crippen LogP contribution >= 0.6 is 11.3 Å². The number of allylic oxidation sites excluding steroid dienone is 1. The van der Waals surface area contributed by atoms with Crippen molar-refractivity contribution in [2.75, 3.05) is 27.2 Å². The number of hydrogen-bond acceptors (Lipinski definition) is 4. The van der Waals surface area contributed by atoms with Gasteiger partial charge >= 0.3 is 0 Å². The fourth-order valence-electron chi connectivity index (χ4n) is 2.35. The second kappa shape index (κ2) is 5.76. The second-order valence-electron chi connectivity index (χ2n) is 4.99. The Kier molecular flexibility index (Phi) is 4.30. The quantitative estimate of drug-likeness (QED) is 0.784. The Morgan fingerprint density at radius 1 is 1.50 bits per heavy atom. The lowest BCUT2D eigenvalue weighted by atomic mass is 9.98. The van der Waals surface area contributed by atoms with Crippen LogP contribution in [0.5, 0.6) is 0 Å². The molecule has 1 aliphatic rings. The highest BCUT2D eigenvalue weighted by Crippen LogP contribution is 2.31. The van der Waals surface area contributed by atoms with E-state index in [1.54, 1.807) is 11.3 Å². The minimum Gasteiger partial charge on any atom is -0.306 e. The molecule has 18 heavy (non-hydrogen) atoms. The maximum Gasteiger partial charge on any atom is 0.0963 e. The van der Waals surface area contributed by atoms with E-state index < -0.39 is 0 Å². The summed E-state index contributed by atoms with van der Waals surface area (Å²) in [4.78, 5) is 12.4. The molecule has 3 nitrogen and oxygen atoms in total. The number of rotatable bonds is 3. The Hall–Kier alpha value is -1.00. The van der Waals surface area contributed by atoms with Crippen molar-refractivity contribution in [3.05, 3.63) is 28.2 Å². The van der Waals surface area contributed by atoms with Crippen LogP contribution < -0.4 is 0 Å². The van der Waals surface area contributed by atoms with Gasteiger partial charge in [-0.1, -0.05) is 6.58 Å². The summed E-state index contributed by atoms with van der Waals surface area (Å²) in [5, 5.41) is 1.26. The van der Waals surface area contributed by atoms with E-state index in [2.05, 4.69) is 28.5 Å². The minimum atomic E-state index is 0.628. The molecule has 4 heteroatoms. The van der Waals surface area contributed by atoms with Crippen molar-refractivity contribution in [2.45, 2.75) is 25.7 Å². The maximum atomic E-state index is 4.59. The van der Waals surface area contributed by atoms with Gasteiger partial charge in [-0.25, -0.2) is 4.98 Å². The molecule has 98 valence electrons. The number of aliphatic imine (C=N–C) groups is 1. The Morgan fingerprint density at radius 2 is 2.17 bits per heavy atom. The molecule has 1 aromatic rings. The number of likely N-dealkylation sites (tertiary alicyclic amines) is 1. The molecule has 0 unspecified atom stereocenters. The lowest BCUT2D eigenvalue weighted by Gasteiger charge is -2.27. The molecular weight excluding hydrogens is 242 g/mol. The molecule has 0 saturated carbocycles. The van der Waals surface area contributed by atoms with Gasteiger partial charge in [0.05, 0.1) is 15.6 Å². The van der Waals surface area contributed by atoms with Crippen LogP contribution in [0.15, 0.2) is 23.3 Å². The summed E-state index contributed by atoms with van der Waals surface area (Å²) < 4.78 is 0. The molecule has 2 heterocycles. The van der Waals surface area contributed by atoms with Gasteiger partial charge in [0.2, 0.25) is 0 Å². The van der Waals surface area contributed by atoms with Crippen molar-refractivity contribution < 1.29 is 0 Å². The number of hydrogen-bond donors (Lipinski definition) is 0. The number of piperidine rings is 1. The third kappa shape index (κ3) is 2.87. The Balaban J connectivity index is 2.13. The van der Waals surface area contributed by atoms with Crippen molar-refractivity contribution in [3.63, 3.8) is 0 Å². The Labute approximate surface area is 113 Å². The van der Waals surface area contributed by atoms with Gasteiger partial charge in [0, 0.05) is 19.2 Å². The third-order valence-electron chi connectivity index (χ3n) is 3.45. The van der Waals surface area contributed by atoms with E-state index in [1.807, 2.05) is 20.2 Å². The molecule has 0 aromatic carbocycles. The molecule has 0 spiro atoms. The summed E-state index contributed by atoms with van der Waals surface area (Å²) in [7, 11) is 4.01. The van der Waals surface area contributed by atoms with Crippen LogP contribution in [0.1, 0.15) is 35.6 Å². The molecule has 1 aromatic heterocycles. The zero-order chi connectivity index (χ0) is 13.1. The average molecular weight is 263 g/mol. The third-order valence-corrected chi connectivity index (χ3v) is 4.62. The summed E-state index contributed by atoms with van der Waals surface area (Å²) in [6, 6.07) is 0. The normalized spacial score (nSPS) is 19.2. The van der Waals surface area contributed by atoms with Crippen molar-refractivity contribution in [1.82, 2.24) is 9.88 Å². The van der Waals surface area contributed by atoms with Crippen LogP contribution in [-0.2, 0) is 0 Å². The largest absolute Gasteiger partial charge is 0.306 e. The van der Waals surface area contributed by atoms with Crippen molar-refractivity contribution in [2.24, 2.45) is 4.99 Å². The van der Waals surface area contributed by atoms with Crippen LogP contribution in [-0.4, -0.2) is 42.8 Å². The monoisotopic (exact) mass is 263 g/mol. The van der Waals surface area contributed by atoms with Gasteiger partial charge in [0.15, 0.2) is 0 Å². The second-order valence-corrected chi connectivity index (χ2v) is 6.06. The minimum absolute atomic E-state index is 0.628. The molecule has 0 aliphatic carbocycles. The lowest BCUT2D eigenvalue weighted by molar-refractivity contribution is 0.255. The van der Waals surface area contributed by atoms with Crippen LogP contribution in [0, 0.1) is 0 Å². The average Bonchev–Trinajstić information content (AvgIpc) is 2.80. The van der Waals surface area contributed by atoms with Gasteiger partial charge in [-0.2, -0.15) is 0 Å². The highest BCUT2D eigenvalue weighted by Gasteiger charge is 2.21. The topological polar surface area (TPSA) is 28.5 Å². The number of thiazole rings is 1. The first-order chi connectivity index (χ1) is 8.61. The van der Waals surface area contributed by atoms with Gasteiger partial charge in [-0.05, 0) is 45.5 Å². The molecule has 1 fully saturated rings. The maximum absolute atomic E-state index is 4.59. The predicted molar refractivity (Wildman–Crippen MR) is 78.9 cm³/mol. The first-order valence-corrected chi connectivity index (χ1v) is 7.20. The van der Waals surface area contributed by atoms with Crippen molar-refractivity contribution in [3.8, 4) is 0 Å². The van der Waals surface area contributed by atoms with Gasteiger partial charge in [0.1, 0.15) is 0 Å². The summed E-state index contributed by atoms with van der Waals surface area (Å²) in [5.41, 5.74) is 2.00. The van der Waals surface area contributed by atoms with Crippen molar-refractivity contribution in [1.29, 1.82) is 0 Å². The molecule has 1 saturated heterocycles. The SMILES string of the molecule is C=C(C)C(=NC)c1cnc(C2CCN(C)CC2)s1. The smallest absolute Gasteiger partial charge is 0.0963 e. The molecule has 1 aliphatic heterocycles. The van der Waals surface area contributed by atoms with Crippen LogP contribution in [0.25, 0.3) is 0 Å². The molecule has 0 radical (unpaired) electrons. The van der Waals surface area contributed by atoms with Gasteiger partial charge in [0.25, 0.3) is 0 Å². The molecule has 0 atom stereocenters. The molecule has 2 rings (SSSR count). The van der Waals surface area contributed by atoms with Crippen molar-refractivity contribution >= 4 is 17.0 Å². The molecule has 0 amide bonds. The number of aromatic nitrogens is 1. The number of nitrogens with zero attached hydrogens (tertiary/aromatic N) is 3. The van der Waals surface area contributed by atoms with E-state index in [4.69, 9.17) is 0 Å². The van der Waals surface area contributed by atoms with Crippen LogP contribution in [0.4, 0.5) is 0 Å². The highest BCUT2D eigenvalue weighted by atomic mass is 32.1. The summed E-state index contributed by atoms with van der Waals surface area (Å²) in [5.74, 6) is 0.628. The molecule has 0 N–H and O–H groups in total. The van der Waals surface area contributed by atoms with Gasteiger partial charge in [-0.15, -0.1) is 11.3 Å². The van der Waals surface area contributed by atoms with Gasteiger partial charge < -0.3 is 4.90 Å². The molecule has 0 bridgehead atoms. The first-order valence-electron chi connectivity index (χ1n) is 6.39. The van der Waals surface area contributed by atoms with E-state index in [-0.39, 0.29) is 0 Å². The zero-order valence-corrected chi connectivity index (χ0v) is 12.3. The van der Waals surface area contributed by atoms with E-state index in [9.17, 15) is 0 Å². The molecular formula is C14H21N3S. The fraction of sp³-hybridized carbons (Fsp3) is 0.571. The first kappa shape index (κ1) is 13.4. The summed E-state index contributed by atoms with van der Waals surface area (Å²) in [6.07, 6.45) is 4.39. The predicted octanol–water partition coefficient (Wildman–Crippen LogP) is 2.95. The lowest BCUT2D eigenvalue weighted by Crippen LogP contribution is -2.29. The van der Waals surface area contributed by atoms with Gasteiger partial charge in [-0.3, -0.25) is 4.99 Å². The zero-order valence-electron chi connectivity index (χ0n) is 11.4. The van der Waals surface area contributed by atoms with E-state index in [0.29, 0.717) is 5.92 Å². The Morgan fingerprint density at radius 3 is 2.72 bits per heavy atom. The van der Waals surface area contributed by atoms with E-state index in [1.165, 1.54) is 30.9 Å². The summed E-state index contributed by atoms with van der Waals surface area (Å²) >= 11 is 1.78. The highest BCUT2D eigenvalue weighted by molar-refractivity contribution is 7.14. The standard InChI is InChI=1S/C14H21N3S/c1-10(2)13(15-3)12-9-16-14(18-12)11-5-7-17(4)8-6-11/h9,11H,1,5-8H2,2-4H3. The van der Waals surface area contributed by atoms with Crippen LogP contribution in [0.3, 0.4) is 0 Å².